The fraction of sp³-hybridized carbons (Fsp3) is 0.250. The maximum absolute atomic E-state index is 12.3. The van der Waals surface area contributed by atoms with Crippen molar-refractivity contribution in [3.05, 3.63) is 53.6 Å². The number of sulfonamides is 1. The predicted octanol–water partition coefficient (Wildman–Crippen LogP) is 3.92. The first-order chi connectivity index (χ1) is 10.4. The summed E-state index contributed by atoms with van der Waals surface area (Å²) in [5.41, 5.74) is 2.08. The first-order valence-electron chi connectivity index (χ1n) is 6.86. The molecule has 3 nitrogen and oxygen atoms in total. The standard InChI is InChI=1S/C16H16ClNO2S2/c1-18(2)22(19,20)12-7-8-16-13(10-12)14(17)9-11-5-3-4-6-15(11)21-16/h3-8,10,14H,9H2,1-2H3. The Morgan fingerprint density at radius 1 is 1.14 bits per heavy atom. The molecule has 0 saturated carbocycles. The summed E-state index contributed by atoms with van der Waals surface area (Å²) >= 11 is 8.20. The molecule has 0 amide bonds. The van der Waals surface area contributed by atoms with E-state index >= 15 is 0 Å². The number of fused-ring (bicyclic) bond motifs is 2. The highest BCUT2D eigenvalue weighted by Crippen LogP contribution is 2.43. The van der Waals surface area contributed by atoms with Crippen LogP contribution >= 0.6 is 23.4 Å². The second-order valence-corrected chi connectivity index (χ2v) is 9.13. The van der Waals surface area contributed by atoms with E-state index < -0.39 is 10.0 Å². The van der Waals surface area contributed by atoms with Gasteiger partial charge in [0.25, 0.3) is 0 Å². The van der Waals surface area contributed by atoms with E-state index in [1.165, 1.54) is 28.9 Å². The average molecular weight is 354 g/mol. The van der Waals surface area contributed by atoms with Crippen molar-refractivity contribution in [1.29, 1.82) is 0 Å². The summed E-state index contributed by atoms with van der Waals surface area (Å²) in [5, 5.41) is -0.233. The first-order valence-corrected chi connectivity index (χ1v) is 9.55. The molecule has 6 heteroatoms. The molecule has 1 unspecified atom stereocenters. The minimum Gasteiger partial charge on any atom is -0.207 e. The summed E-state index contributed by atoms with van der Waals surface area (Å²) in [4.78, 5) is 2.48. The Kier molecular flexibility index (Phi) is 4.25. The highest BCUT2D eigenvalue weighted by Gasteiger charge is 2.24. The number of rotatable bonds is 2. The summed E-state index contributed by atoms with van der Waals surface area (Å²) in [6, 6.07) is 13.4. The Labute approximate surface area is 140 Å². The lowest BCUT2D eigenvalue weighted by atomic mass is 10.0. The molecular weight excluding hydrogens is 338 g/mol. The third-order valence-electron chi connectivity index (χ3n) is 3.69. The second-order valence-electron chi connectivity index (χ2n) is 5.37. The molecule has 3 rings (SSSR count). The van der Waals surface area contributed by atoms with E-state index in [1.54, 1.807) is 23.9 Å². The van der Waals surface area contributed by atoms with Crippen molar-refractivity contribution in [2.45, 2.75) is 26.5 Å². The van der Waals surface area contributed by atoms with Crippen molar-refractivity contribution < 1.29 is 8.42 Å². The summed E-state index contributed by atoms with van der Waals surface area (Å²) in [6.45, 7) is 0. The van der Waals surface area contributed by atoms with Crippen molar-refractivity contribution in [2.75, 3.05) is 14.1 Å². The lowest BCUT2D eigenvalue weighted by Gasteiger charge is -2.15. The summed E-state index contributed by atoms with van der Waals surface area (Å²) < 4.78 is 25.8. The van der Waals surface area contributed by atoms with Gasteiger partial charge in [-0.05, 0) is 41.8 Å². The highest BCUT2D eigenvalue weighted by atomic mass is 35.5. The maximum atomic E-state index is 12.3. The predicted molar refractivity (Wildman–Crippen MR) is 90.2 cm³/mol. The van der Waals surface area contributed by atoms with Gasteiger partial charge in [0.05, 0.1) is 10.3 Å². The van der Waals surface area contributed by atoms with E-state index in [2.05, 4.69) is 12.1 Å². The number of hydrogen-bond acceptors (Lipinski definition) is 3. The van der Waals surface area contributed by atoms with Gasteiger partial charge in [-0.3, -0.25) is 0 Å². The van der Waals surface area contributed by atoms with Crippen molar-refractivity contribution in [3.63, 3.8) is 0 Å². The number of benzene rings is 2. The van der Waals surface area contributed by atoms with Gasteiger partial charge in [-0.25, -0.2) is 12.7 Å². The molecule has 0 spiro atoms. The van der Waals surface area contributed by atoms with Gasteiger partial charge in [0.2, 0.25) is 10.0 Å². The van der Waals surface area contributed by atoms with Crippen LogP contribution in [0.3, 0.4) is 0 Å². The van der Waals surface area contributed by atoms with Crippen LogP contribution in [0.15, 0.2) is 57.2 Å². The molecular formula is C16H16ClNO2S2. The Morgan fingerprint density at radius 3 is 2.59 bits per heavy atom. The number of halogens is 1. The lowest BCUT2D eigenvalue weighted by molar-refractivity contribution is 0.520. The first kappa shape index (κ1) is 15.9. The maximum Gasteiger partial charge on any atom is 0.242 e. The quantitative estimate of drug-likeness (QED) is 0.768. The van der Waals surface area contributed by atoms with Crippen LogP contribution < -0.4 is 0 Å². The van der Waals surface area contributed by atoms with Gasteiger partial charge in [0, 0.05) is 23.9 Å². The molecule has 1 atom stereocenters. The monoisotopic (exact) mass is 353 g/mol. The number of nitrogens with zero attached hydrogens (tertiary/aromatic N) is 1. The van der Waals surface area contributed by atoms with Crippen LogP contribution in [0.2, 0.25) is 0 Å². The summed E-state index contributed by atoms with van der Waals surface area (Å²) in [5.74, 6) is 0. The lowest BCUT2D eigenvalue weighted by Crippen LogP contribution is -2.22. The summed E-state index contributed by atoms with van der Waals surface area (Å²) in [6.07, 6.45) is 0.698. The van der Waals surface area contributed by atoms with Crippen LogP contribution in [-0.2, 0) is 16.4 Å². The van der Waals surface area contributed by atoms with Crippen LogP contribution in [0.1, 0.15) is 16.5 Å². The van der Waals surface area contributed by atoms with E-state index in [0.29, 0.717) is 6.42 Å². The van der Waals surface area contributed by atoms with Gasteiger partial charge >= 0.3 is 0 Å². The van der Waals surface area contributed by atoms with E-state index in [1.807, 2.05) is 18.2 Å². The zero-order valence-electron chi connectivity index (χ0n) is 12.3. The average Bonchev–Trinajstić information content (AvgIpc) is 2.62. The van der Waals surface area contributed by atoms with Gasteiger partial charge < -0.3 is 0 Å². The van der Waals surface area contributed by atoms with Crippen LogP contribution in [-0.4, -0.2) is 26.8 Å². The van der Waals surface area contributed by atoms with E-state index in [4.69, 9.17) is 11.6 Å². The van der Waals surface area contributed by atoms with Crippen molar-refractivity contribution in [1.82, 2.24) is 4.31 Å². The van der Waals surface area contributed by atoms with E-state index in [9.17, 15) is 8.42 Å². The molecule has 2 aromatic carbocycles. The van der Waals surface area contributed by atoms with Crippen molar-refractivity contribution >= 4 is 33.4 Å². The van der Waals surface area contributed by atoms with Crippen LogP contribution in [0.4, 0.5) is 0 Å². The molecule has 1 aliphatic heterocycles. The fourth-order valence-electron chi connectivity index (χ4n) is 2.43. The molecule has 0 fully saturated rings. The molecule has 1 aliphatic rings. The van der Waals surface area contributed by atoms with Gasteiger partial charge in [-0.2, -0.15) is 0 Å². The van der Waals surface area contributed by atoms with Gasteiger partial charge in [-0.15, -0.1) is 11.6 Å². The second kappa shape index (κ2) is 5.89. The molecule has 2 aromatic rings. The zero-order valence-corrected chi connectivity index (χ0v) is 14.7. The Bertz CT molecular complexity index is 819. The fourth-order valence-corrected chi connectivity index (χ4v) is 4.90. The Hall–Kier alpha value is -1.01. The van der Waals surface area contributed by atoms with Crippen molar-refractivity contribution in [2.24, 2.45) is 0 Å². The van der Waals surface area contributed by atoms with Gasteiger partial charge in [0.1, 0.15) is 0 Å². The van der Waals surface area contributed by atoms with Crippen molar-refractivity contribution in [3.8, 4) is 0 Å². The molecule has 0 saturated heterocycles. The molecule has 0 aromatic heterocycles. The molecule has 116 valence electrons. The van der Waals surface area contributed by atoms with Crippen LogP contribution in [0.5, 0.6) is 0 Å². The van der Waals surface area contributed by atoms with Gasteiger partial charge in [-0.1, -0.05) is 30.0 Å². The number of alkyl halides is 1. The minimum atomic E-state index is -3.45. The number of hydrogen-bond donors (Lipinski definition) is 0. The topological polar surface area (TPSA) is 37.4 Å². The molecule has 0 N–H and O–H groups in total. The van der Waals surface area contributed by atoms with E-state index in [-0.39, 0.29) is 10.3 Å². The smallest absolute Gasteiger partial charge is 0.207 e. The Morgan fingerprint density at radius 2 is 1.86 bits per heavy atom. The SMILES string of the molecule is CN(C)S(=O)(=O)c1ccc2c(c1)C(Cl)Cc1ccccc1S2. The third kappa shape index (κ3) is 2.78. The molecule has 0 bridgehead atoms. The van der Waals surface area contributed by atoms with Gasteiger partial charge in [0.15, 0.2) is 0 Å². The van der Waals surface area contributed by atoms with Crippen LogP contribution in [0.25, 0.3) is 0 Å². The minimum absolute atomic E-state index is 0.233. The third-order valence-corrected chi connectivity index (χ3v) is 7.10. The zero-order chi connectivity index (χ0) is 15.9. The molecule has 1 heterocycles. The highest BCUT2D eigenvalue weighted by molar-refractivity contribution is 7.99. The molecule has 0 radical (unpaired) electrons. The molecule has 0 aliphatic carbocycles. The van der Waals surface area contributed by atoms with E-state index in [0.717, 1.165) is 10.5 Å². The Balaban J connectivity index is 2.10. The normalized spacial score (nSPS) is 17.7. The molecule has 22 heavy (non-hydrogen) atoms. The van der Waals surface area contributed by atoms with Crippen LogP contribution in [0, 0.1) is 0 Å². The largest absolute Gasteiger partial charge is 0.242 e. The summed E-state index contributed by atoms with van der Waals surface area (Å²) in [7, 11) is -0.385.